The summed E-state index contributed by atoms with van der Waals surface area (Å²) >= 11 is 0. The van der Waals surface area contributed by atoms with Gasteiger partial charge in [-0.3, -0.25) is 19.9 Å². The largest absolute Gasteiger partial charge is 0.490 e. The van der Waals surface area contributed by atoms with Crippen molar-refractivity contribution in [2.75, 3.05) is 7.11 Å². The normalized spacial score (nSPS) is 10.1. The Labute approximate surface area is 115 Å². The van der Waals surface area contributed by atoms with Crippen LogP contribution in [0.4, 0.5) is 5.69 Å². The molecular weight excluding hydrogens is 260 g/mol. The van der Waals surface area contributed by atoms with Crippen molar-refractivity contribution in [3.8, 4) is 5.75 Å². The molecule has 0 N–H and O–H groups in total. The predicted octanol–water partition coefficient (Wildman–Crippen LogP) is 2.42. The lowest BCUT2D eigenvalue weighted by Crippen LogP contribution is -2.05. The van der Waals surface area contributed by atoms with E-state index in [0.717, 1.165) is 5.56 Å². The number of nitrogens with zero attached hydrogens (tertiary/aromatic N) is 2. The van der Waals surface area contributed by atoms with Gasteiger partial charge in [-0.2, -0.15) is 0 Å². The maximum Gasteiger partial charge on any atom is 0.310 e. The van der Waals surface area contributed by atoms with Crippen molar-refractivity contribution >= 4 is 11.5 Å². The van der Waals surface area contributed by atoms with Crippen LogP contribution in [0.2, 0.25) is 0 Å². The van der Waals surface area contributed by atoms with Crippen LogP contribution in [-0.4, -0.2) is 22.8 Å². The SMILES string of the molecule is COc1cc(C(=O)Cc2ccncc2)ccc1[N+](=O)[O-]. The third-order valence-electron chi connectivity index (χ3n) is 2.81. The Morgan fingerprint density at radius 2 is 2.00 bits per heavy atom. The molecule has 2 rings (SSSR count). The fourth-order valence-electron chi connectivity index (χ4n) is 1.79. The van der Waals surface area contributed by atoms with E-state index >= 15 is 0 Å². The van der Waals surface area contributed by atoms with Crippen LogP contribution in [0.5, 0.6) is 5.75 Å². The first-order chi connectivity index (χ1) is 9.61. The van der Waals surface area contributed by atoms with Crippen molar-refractivity contribution in [2.45, 2.75) is 6.42 Å². The number of Topliss-reactive ketones (excluding diaryl/α,β-unsaturated/α-hetero) is 1. The monoisotopic (exact) mass is 272 g/mol. The first-order valence-electron chi connectivity index (χ1n) is 5.86. The number of carbonyl (C=O) groups is 1. The third-order valence-corrected chi connectivity index (χ3v) is 2.81. The molecule has 0 saturated heterocycles. The minimum atomic E-state index is -0.546. The minimum absolute atomic E-state index is 0.0792. The summed E-state index contributed by atoms with van der Waals surface area (Å²) in [5, 5.41) is 10.8. The highest BCUT2D eigenvalue weighted by Crippen LogP contribution is 2.27. The highest BCUT2D eigenvalue weighted by Gasteiger charge is 2.17. The van der Waals surface area contributed by atoms with Crippen LogP contribution in [0.1, 0.15) is 15.9 Å². The van der Waals surface area contributed by atoms with Gasteiger partial charge in [0.25, 0.3) is 0 Å². The molecule has 0 atom stereocenters. The summed E-state index contributed by atoms with van der Waals surface area (Å²) in [6.45, 7) is 0. The molecule has 0 unspecified atom stereocenters. The topological polar surface area (TPSA) is 82.3 Å². The van der Waals surface area contributed by atoms with Crippen LogP contribution in [0.15, 0.2) is 42.7 Å². The van der Waals surface area contributed by atoms with Crippen LogP contribution in [0.25, 0.3) is 0 Å². The van der Waals surface area contributed by atoms with E-state index in [0.29, 0.717) is 5.56 Å². The van der Waals surface area contributed by atoms with Gasteiger partial charge in [0.05, 0.1) is 12.0 Å². The molecule has 0 saturated carbocycles. The first kappa shape index (κ1) is 13.7. The number of hydrogen-bond acceptors (Lipinski definition) is 5. The van der Waals surface area contributed by atoms with Gasteiger partial charge in [-0.05, 0) is 29.8 Å². The molecule has 1 aromatic carbocycles. The summed E-state index contributed by atoms with van der Waals surface area (Å²) in [7, 11) is 1.33. The number of nitro benzene ring substituents is 1. The number of rotatable bonds is 5. The lowest BCUT2D eigenvalue weighted by molar-refractivity contribution is -0.385. The molecule has 0 spiro atoms. The zero-order chi connectivity index (χ0) is 14.5. The second-order valence-corrected chi connectivity index (χ2v) is 4.10. The number of benzene rings is 1. The average molecular weight is 272 g/mol. The third kappa shape index (κ3) is 2.97. The summed E-state index contributed by atoms with van der Waals surface area (Å²) in [6.07, 6.45) is 3.43. The summed E-state index contributed by atoms with van der Waals surface area (Å²) in [4.78, 5) is 26.2. The number of carbonyl (C=O) groups excluding carboxylic acids is 1. The lowest BCUT2D eigenvalue weighted by Gasteiger charge is -2.05. The zero-order valence-corrected chi connectivity index (χ0v) is 10.8. The lowest BCUT2D eigenvalue weighted by atomic mass is 10.0. The molecule has 0 amide bonds. The van der Waals surface area contributed by atoms with Crippen LogP contribution >= 0.6 is 0 Å². The van der Waals surface area contributed by atoms with Crippen molar-refractivity contribution in [3.05, 3.63) is 64.0 Å². The van der Waals surface area contributed by atoms with E-state index in [4.69, 9.17) is 4.74 Å². The quantitative estimate of drug-likeness (QED) is 0.474. The van der Waals surface area contributed by atoms with Gasteiger partial charge in [0.15, 0.2) is 11.5 Å². The van der Waals surface area contributed by atoms with Gasteiger partial charge < -0.3 is 4.74 Å². The molecule has 1 heterocycles. The highest BCUT2D eigenvalue weighted by molar-refractivity contribution is 5.98. The molecule has 0 fully saturated rings. The van der Waals surface area contributed by atoms with Gasteiger partial charge in [-0.1, -0.05) is 0 Å². The van der Waals surface area contributed by atoms with Crippen molar-refractivity contribution in [2.24, 2.45) is 0 Å². The van der Waals surface area contributed by atoms with Crippen LogP contribution in [0, 0.1) is 10.1 Å². The average Bonchev–Trinajstić information content (AvgIpc) is 2.47. The van der Waals surface area contributed by atoms with Crippen molar-refractivity contribution in [1.29, 1.82) is 0 Å². The van der Waals surface area contributed by atoms with E-state index in [-0.39, 0.29) is 23.6 Å². The van der Waals surface area contributed by atoms with Gasteiger partial charge in [0, 0.05) is 30.4 Å². The number of aromatic nitrogens is 1. The first-order valence-corrected chi connectivity index (χ1v) is 5.86. The summed E-state index contributed by atoms with van der Waals surface area (Å²) in [6, 6.07) is 7.60. The fraction of sp³-hybridized carbons (Fsp3) is 0.143. The van der Waals surface area contributed by atoms with Gasteiger partial charge in [-0.25, -0.2) is 0 Å². The van der Waals surface area contributed by atoms with Gasteiger partial charge >= 0.3 is 5.69 Å². The molecule has 2 aromatic rings. The van der Waals surface area contributed by atoms with Gasteiger partial charge in [0.2, 0.25) is 0 Å². The molecule has 0 bridgehead atoms. The zero-order valence-electron chi connectivity index (χ0n) is 10.8. The maximum absolute atomic E-state index is 12.1. The number of methoxy groups -OCH3 is 1. The maximum atomic E-state index is 12.1. The molecule has 0 aliphatic carbocycles. The minimum Gasteiger partial charge on any atom is -0.490 e. The summed E-state index contributed by atoms with van der Waals surface area (Å²) < 4.78 is 4.94. The molecule has 6 nitrogen and oxygen atoms in total. The van der Waals surface area contributed by atoms with E-state index in [1.165, 1.54) is 25.3 Å². The van der Waals surface area contributed by atoms with Crippen molar-refractivity contribution in [3.63, 3.8) is 0 Å². The Balaban J connectivity index is 2.25. The molecular formula is C14H12N2O4. The molecule has 0 aliphatic heterocycles. The Morgan fingerprint density at radius 3 is 2.60 bits per heavy atom. The second-order valence-electron chi connectivity index (χ2n) is 4.10. The molecule has 102 valence electrons. The predicted molar refractivity (Wildman–Crippen MR) is 71.9 cm³/mol. The van der Waals surface area contributed by atoms with Crippen molar-refractivity contribution in [1.82, 2.24) is 4.98 Å². The van der Waals surface area contributed by atoms with Crippen LogP contribution in [0.3, 0.4) is 0 Å². The molecule has 1 aromatic heterocycles. The Morgan fingerprint density at radius 1 is 1.30 bits per heavy atom. The van der Waals surface area contributed by atoms with E-state index in [9.17, 15) is 14.9 Å². The Kier molecular flexibility index (Phi) is 4.05. The fourth-order valence-corrected chi connectivity index (χ4v) is 1.79. The van der Waals surface area contributed by atoms with E-state index < -0.39 is 4.92 Å². The second kappa shape index (κ2) is 5.92. The Bertz CT molecular complexity index is 641. The Hall–Kier alpha value is -2.76. The number of ether oxygens (including phenoxy) is 1. The van der Waals surface area contributed by atoms with Crippen LogP contribution in [-0.2, 0) is 6.42 Å². The standard InChI is InChI=1S/C14H12N2O4/c1-20-14-9-11(2-3-12(14)16(18)19)13(17)8-10-4-6-15-7-5-10/h2-7,9H,8H2,1H3. The van der Waals surface area contributed by atoms with Crippen LogP contribution < -0.4 is 4.74 Å². The van der Waals surface area contributed by atoms with E-state index in [1.54, 1.807) is 24.5 Å². The summed E-state index contributed by atoms with van der Waals surface area (Å²) in [5.41, 5.74) is 1.06. The van der Waals surface area contributed by atoms with Gasteiger partial charge in [-0.15, -0.1) is 0 Å². The molecule has 0 radical (unpaired) electrons. The number of nitro groups is 1. The van der Waals surface area contributed by atoms with Crippen molar-refractivity contribution < 1.29 is 14.5 Å². The van der Waals surface area contributed by atoms with E-state index in [1.807, 2.05) is 0 Å². The highest BCUT2D eigenvalue weighted by atomic mass is 16.6. The smallest absolute Gasteiger partial charge is 0.310 e. The number of pyridine rings is 1. The summed E-state index contributed by atoms with van der Waals surface area (Å²) in [5.74, 6) is -0.0556. The number of ketones is 1. The van der Waals surface area contributed by atoms with E-state index in [2.05, 4.69) is 4.98 Å². The van der Waals surface area contributed by atoms with Gasteiger partial charge in [0.1, 0.15) is 0 Å². The molecule has 20 heavy (non-hydrogen) atoms. The number of hydrogen-bond donors (Lipinski definition) is 0. The molecule has 0 aliphatic rings. The molecule has 6 heteroatoms.